The highest BCUT2D eigenvalue weighted by molar-refractivity contribution is 5.85. The van der Waals surface area contributed by atoms with Crippen molar-refractivity contribution < 1.29 is 19.4 Å². The number of phenolic OH excluding ortho intramolecular Hbond substituents is 1. The van der Waals surface area contributed by atoms with E-state index in [1.807, 2.05) is 13.8 Å². The Balaban J connectivity index is 2.34. The maximum atomic E-state index is 11.0. The molecule has 1 saturated heterocycles. The standard InChI is InChI=1S/C14H19NO4/c1-10(2)19-14-8-11(7-13(17)12(14)9-16)15-3-5-18-6-4-15/h7-10,17H,3-6H2,1-2H3. The summed E-state index contributed by atoms with van der Waals surface area (Å²) in [5.74, 6) is 0.376. The second-order valence-corrected chi connectivity index (χ2v) is 4.76. The number of rotatable bonds is 4. The van der Waals surface area contributed by atoms with Crippen molar-refractivity contribution >= 4 is 12.0 Å². The largest absolute Gasteiger partial charge is 0.507 e. The summed E-state index contributed by atoms with van der Waals surface area (Å²) < 4.78 is 10.9. The number of benzene rings is 1. The molecule has 1 fully saturated rings. The molecule has 1 aliphatic heterocycles. The van der Waals surface area contributed by atoms with Gasteiger partial charge >= 0.3 is 0 Å². The molecule has 0 spiro atoms. The first-order valence-electron chi connectivity index (χ1n) is 6.43. The van der Waals surface area contributed by atoms with Gasteiger partial charge in [0.2, 0.25) is 0 Å². The minimum atomic E-state index is -0.0574. The first-order valence-corrected chi connectivity index (χ1v) is 6.43. The van der Waals surface area contributed by atoms with Gasteiger partial charge in [0.15, 0.2) is 6.29 Å². The Bertz CT molecular complexity index is 453. The molecule has 0 radical (unpaired) electrons. The van der Waals surface area contributed by atoms with E-state index in [2.05, 4.69) is 4.90 Å². The summed E-state index contributed by atoms with van der Waals surface area (Å²) in [4.78, 5) is 13.1. The Labute approximate surface area is 112 Å². The molecule has 0 aliphatic carbocycles. The summed E-state index contributed by atoms with van der Waals surface area (Å²) in [7, 11) is 0. The molecule has 1 aromatic carbocycles. The van der Waals surface area contributed by atoms with Crippen molar-refractivity contribution in [3.05, 3.63) is 17.7 Å². The average molecular weight is 265 g/mol. The Morgan fingerprint density at radius 2 is 2.05 bits per heavy atom. The number of carbonyl (C=O) groups is 1. The Morgan fingerprint density at radius 3 is 2.63 bits per heavy atom. The average Bonchev–Trinajstić information content (AvgIpc) is 2.38. The van der Waals surface area contributed by atoms with E-state index in [4.69, 9.17) is 9.47 Å². The first-order chi connectivity index (χ1) is 9.11. The van der Waals surface area contributed by atoms with Crippen LogP contribution < -0.4 is 9.64 Å². The third-order valence-corrected chi connectivity index (χ3v) is 2.96. The van der Waals surface area contributed by atoms with Gasteiger partial charge in [-0.25, -0.2) is 0 Å². The van der Waals surface area contributed by atoms with Gasteiger partial charge in [-0.3, -0.25) is 4.79 Å². The molecule has 0 saturated carbocycles. The fourth-order valence-electron chi connectivity index (χ4n) is 2.07. The van der Waals surface area contributed by atoms with E-state index >= 15 is 0 Å². The van der Waals surface area contributed by atoms with Crippen molar-refractivity contribution in [1.29, 1.82) is 0 Å². The minimum Gasteiger partial charge on any atom is -0.507 e. The maximum Gasteiger partial charge on any atom is 0.157 e. The van der Waals surface area contributed by atoms with Crippen molar-refractivity contribution in [3.63, 3.8) is 0 Å². The number of nitrogens with zero attached hydrogens (tertiary/aromatic N) is 1. The fraction of sp³-hybridized carbons (Fsp3) is 0.500. The molecule has 0 atom stereocenters. The molecule has 0 unspecified atom stereocenters. The molecule has 2 rings (SSSR count). The van der Waals surface area contributed by atoms with Crippen LogP contribution in [0.1, 0.15) is 24.2 Å². The summed E-state index contributed by atoms with van der Waals surface area (Å²) in [6.07, 6.45) is 0.564. The van der Waals surface area contributed by atoms with Crippen molar-refractivity contribution in [2.45, 2.75) is 20.0 Å². The molecule has 0 bridgehead atoms. The van der Waals surface area contributed by atoms with E-state index in [0.717, 1.165) is 18.8 Å². The van der Waals surface area contributed by atoms with Crippen molar-refractivity contribution in [3.8, 4) is 11.5 Å². The zero-order valence-electron chi connectivity index (χ0n) is 11.3. The highest BCUT2D eigenvalue weighted by Gasteiger charge is 2.17. The van der Waals surface area contributed by atoms with Crippen LogP contribution in [-0.2, 0) is 4.74 Å². The first kappa shape index (κ1) is 13.7. The lowest BCUT2D eigenvalue weighted by molar-refractivity contribution is 0.111. The number of morpholine rings is 1. The Kier molecular flexibility index (Phi) is 4.27. The van der Waals surface area contributed by atoms with Gasteiger partial charge < -0.3 is 19.5 Å². The van der Waals surface area contributed by atoms with Crippen molar-refractivity contribution in [2.24, 2.45) is 0 Å². The summed E-state index contributed by atoms with van der Waals surface area (Å²) in [5, 5.41) is 9.95. The zero-order chi connectivity index (χ0) is 13.8. The van der Waals surface area contributed by atoms with E-state index in [1.165, 1.54) is 0 Å². The quantitative estimate of drug-likeness (QED) is 0.842. The molecule has 1 aromatic rings. The molecular weight excluding hydrogens is 246 g/mol. The summed E-state index contributed by atoms with van der Waals surface area (Å²) in [6, 6.07) is 3.40. The highest BCUT2D eigenvalue weighted by atomic mass is 16.5. The number of phenols is 1. The third-order valence-electron chi connectivity index (χ3n) is 2.96. The van der Waals surface area contributed by atoms with Crippen LogP contribution in [0.2, 0.25) is 0 Å². The van der Waals surface area contributed by atoms with E-state index in [0.29, 0.717) is 25.2 Å². The van der Waals surface area contributed by atoms with E-state index in [9.17, 15) is 9.90 Å². The van der Waals surface area contributed by atoms with Gasteiger partial charge in [-0.05, 0) is 13.8 Å². The molecule has 1 aliphatic rings. The van der Waals surface area contributed by atoms with Gasteiger partial charge in [-0.2, -0.15) is 0 Å². The molecule has 5 heteroatoms. The second kappa shape index (κ2) is 5.93. The van der Waals surface area contributed by atoms with Gasteiger partial charge in [0.25, 0.3) is 0 Å². The fourth-order valence-corrected chi connectivity index (χ4v) is 2.07. The van der Waals surface area contributed by atoms with Gasteiger partial charge in [0, 0.05) is 30.9 Å². The van der Waals surface area contributed by atoms with Gasteiger partial charge in [-0.15, -0.1) is 0 Å². The van der Waals surface area contributed by atoms with Gasteiger partial charge in [0.05, 0.1) is 24.9 Å². The predicted molar refractivity (Wildman–Crippen MR) is 72.3 cm³/mol. The predicted octanol–water partition coefficient (Wildman–Crippen LogP) is 1.83. The number of aromatic hydroxyl groups is 1. The number of aldehydes is 1. The summed E-state index contributed by atoms with van der Waals surface area (Å²) in [6.45, 7) is 6.62. The number of ether oxygens (including phenoxy) is 2. The molecule has 5 nitrogen and oxygen atoms in total. The molecule has 0 amide bonds. The van der Waals surface area contributed by atoms with Crippen LogP contribution in [0, 0.1) is 0 Å². The van der Waals surface area contributed by atoms with E-state index < -0.39 is 0 Å². The third kappa shape index (κ3) is 3.17. The van der Waals surface area contributed by atoms with Crippen LogP contribution in [0.25, 0.3) is 0 Å². The monoisotopic (exact) mass is 265 g/mol. The minimum absolute atomic E-state index is 0.0466. The maximum absolute atomic E-state index is 11.0. The van der Waals surface area contributed by atoms with Gasteiger partial charge in [-0.1, -0.05) is 0 Å². The van der Waals surface area contributed by atoms with Crippen LogP contribution in [0.4, 0.5) is 5.69 Å². The van der Waals surface area contributed by atoms with Crippen LogP contribution in [0.3, 0.4) is 0 Å². The zero-order valence-corrected chi connectivity index (χ0v) is 11.3. The van der Waals surface area contributed by atoms with Crippen LogP contribution in [0.15, 0.2) is 12.1 Å². The number of hydrogen-bond acceptors (Lipinski definition) is 5. The lowest BCUT2D eigenvalue weighted by Crippen LogP contribution is -2.36. The lowest BCUT2D eigenvalue weighted by atomic mass is 10.1. The summed E-state index contributed by atoms with van der Waals surface area (Å²) in [5.41, 5.74) is 1.05. The molecule has 19 heavy (non-hydrogen) atoms. The number of carbonyl (C=O) groups excluding carboxylic acids is 1. The molecule has 104 valence electrons. The SMILES string of the molecule is CC(C)Oc1cc(N2CCOCC2)cc(O)c1C=O. The molecule has 1 N–H and O–H groups in total. The topological polar surface area (TPSA) is 59.0 Å². The Morgan fingerprint density at radius 1 is 1.37 bits per heavy atom. The van der Waals surface area contributed by atoms with E-state index in [-0.39, 0.29) is 17.4 Å². The molecule has 1 heterocycles. The van der Waals surface area contributed by atoms with Crippen molar-refractivity contribution in [1.82, 2.24) is 0 Å². The second-order valence-electron chi connectivity index (χ2n) is 4.76. The van der Waals surface area contributed by atoms with E-state index in [1.54, 1.807) is 12.1 Å². The molecular formula is C14H19NO4. The normalized spacial score (nSPS) is 15.6. The van der Waals surface area contributed by atoms with Crippen LogP contribution in [-0.4, -0.2) is 43.8 Å². The van der Waals surface area contributed by atoms with Crippen molar-refractivity contribution in [2.75, 3.05) is 31.2 Å². The lowest BCUT2D eigenvalue weighted by Gasteiger charge is -2.29. The number of hydrogen-bond donors (Lipinski definition) is 1. The smallest absolute Gasteiger partial charge is 0.157 e. The highest BCUT2D eigenvalue weighted by Crippen LogP contribution is 2.33. The number of anilines is 1. The Hall–Kier alpha value is -1.75. The van der Waals surface area contributed by atoms with Crippen LogP contribution in [0.5, 0.6) is 11.5 Å². The molecule has 0 aromatic heterocycles. The summed E-state index contributed by atoms with van der Waals surface area (Å²) >= 11 is 0. The van der Waals surface area contributed by atoms with Gasteiger partial charge in [0.1, 0.15) is 11.5 Å². The van der Waals surface area contributed by atoms with Crippen LogP contribution >= 0.6 is 0 Å².